The molecule has 164 valence electrons. The van der Waals surface area contributed by atoms with Crippen LogP contribution < -0.4 is 5.14 Å². The van der Waals surface area contributed by atoms with Gasteiger partial charge in [0.2, 0.25) is 10.0 Å². The molecule has 1 aromatic heterocycles. The average Bonchev–Trinajstić information content (AvgIpc) is 3.13. The molecule has 1 heterocycles. The van der Waals surface area contributed by atoms with Crippen LogP contribution in [0.2, 0.25) is 5.02 Å². The van der Waals surface area contributed by atoms with Crippen molar-refractivity contribution in [1.29, 1.82) is 0 Å². The smallest absolute Gasteiger partial charge is 0.238 e. The molecule has 0 unspecified atom stereocenters. The molecule has 0 aliphatic heterocycles. The molecule has 32 heavy (non-hydrogen) atoms. The maximum absolute atomic E-state index is 12.1. The number of imidazole rings is 1. The van der Waals surface area contributed by atoms with Crippen molar-refractivity contribution in [3.05, 3.63) is 77.1 Å². The fourth-order valence-electron chi connectivity index (χ4n) is 3.36. The van der Waals surface area contributed by atoms with Crippen LogP contribution in [-0.4, -0.2) is 33.1 Å². The van der Waals surface area contributed by atoms with E-state index in [1.165, 1.54) is 12.1 Å². The Balaban J connectivity index is 1.74. The number of aromatic nitrogens is 2. The molecule has 0 aliphatic carbocycles. The highest BCUT2D eigenvalue weighted by Crippen LogP contribution is 2.29. The molecule has 0 atom stereocenters. The molecule has 0 aliphatic rings. The van der Waals surface area contributed by atoms with Crippen LogP contribution >= 0.6 is 11.6 Å². The molecular weight excluding hydrogens is 470 g/mol. The van der Waals surface area contributed by atoms with Crippen molar-refractivity contribution in [2.75, 3.05) is 6.26 Å². The topological polar surface area (TPSA) is 123 Å². The number of benzene rings is 3. The molecule has 0 saturated heterocycles. The molecule has 7 nitrogen and oxygen atoms in total. The molecule has 0 bridgehead atoms. The number of H-pyrrole nitrogens is 1. The minimum Gasteiger partial charge on any atom is -0.338 e. The Labute approximate surface area is 190 Å². The standard InChI is InChI=1S/C22H18ClN3O4S2/c1-31(27,28)21-13-16(23)9-6-14(21)8-11-22-25-18-10-7-15(12-19(18)26-22)17-4-2-3-5-20(17)32(24,29)30/h2-13H,1H3,(H,25,26)(H2,24,29,30). The van der Waals surface area contributed by atoms with Gasteiger partial charge in [-0.15, -0.1) is 0 Å². The third-order valence-electron chi connectivity index (χ3n) is 4.80. The van der Waals surface area contributed by atoms with Crippen molar-refractivity contribution >= 4 is 54.6 Å². The second-order valence-electron chi connectivity index (χ2n) is 7.18. The number of halogens is 1. The van der Waals surface area contributed by atoms with Crippen molar-refractivity contribution in [1.82, 2.24) is 9.97 Å². The van der Waals surface area contributed by atoms with Crippen molar-refractivity contribution in [2.24, 2.45) is 5.14 Å². The van der Waals surface area contributed by atoms with E-state index < -0.39 is 19.9 Å². The molecule has 0 spiro atoms. The van der Waals surface area contributed by atoms with Crippen LogP contribution in [0.15, 0.2) is 70.5 Å². The zero-order valence-electron chi connectivity index (χ0n) is 16.8. The van der Waals surface area contributed by atoms with Crippen LogP contribution in [0.5, 0.6) is 0 Å². The van der Waals surface area contributed by atoms with Gasteiger partial charge in [-0.05, 0) is 53.6 Å². The molecule has 4 aromatic rings. The highest BCUT2D eigenvalue weighted by atomic mass is 35.5. The van der Waals surface area contributed by atoms with Crippen LogP contribution in [0.3, 0.4) is 0 Å². The third kappa shape index (κ3) is 4.61. The summed E-state index contributed by atoms with van der Waals surface area (Å²) in [5.74, 6) is 0.506. The highest BCUT2D eigenvalue weighted by molar-refractivity contribution is 7.90. The lowest BCUT2D eigenvalue weighted by atomic mass is 10.1. The fourth-order valence-corrected chi connectivity index (χ4v) is 5.27. The zero-order valence-corrected chi connectivity index (χ0v) is 19.2. The van der Waals surface area contributed by atoms with E-state index in [1.54, 1.807) is 60.7 Å². The quantitative estimate of drug-likeness (QED) is 0.438. The number of primary sulfonamides is 1. The molecule has 4 rings (SSSR count). The average molecular weight is 488 g/mol. The van der Waals surface area contributed by atoms with Gasteiger partial charge in [0.15, 0.2) is 9.84 Å². The van der Waals surface area contributed by atoms with Crippen molar-refractivity contribution < 1.29 is 16.8 Å². The van der Waals surface area contributed by atoms with Gasteiger partial charge in [-0.2, -0.15) is 0 Å². The van der Waals surface area contributed by atoms with E-state index in [4.69, 9.17) is 16.7 Å². The number of nitrogens with zero attached hydrogens (tertiary/aromatic N) is 1. The summed E-state index contributed by atoms with van der Waals surface area (Å²) >= 11 is 5.95. The van der Waals surface area contributed by atoms with E-state index >= 15 is 0 Å². The summed E-state index contributed by atoms with van der Waals surface area (Å²) in [6.45, 7) is 0. The van der Waals surface area contributed by atoms with Gasteiger partial charge in [0, 0.05) is 16.8 Å². The SMILES string of the molecule is CS(=O)(=O)c1cc(Cl)ccc1C=Cc1nc2ccc(-c3ccccc3S(N)(=O)=O)cc2[nH]1. The Bertz CT molecular complexity index is 1590. The number of sulfonamides is 1. The van der Waals surface area contributed by atoms with Gasteiger partial charge >= 0.3 is 0 Å². The number of nitrogens with one attached hydrogen (secondary N) is 1. The van der Waals surface area contributed by atoms with E-state index in [-0.39, 0.29) is 9.79 Å². The number of hydrogen-bond donors (Lipinski definition) is 2. The molecule has 0 radical (unpaired) electrons. The van der Waals surface area contributed by atoms with E-state index in [0.717, 1.165) is 6.26 Å². The summed E-state index contributed by atoms with van der Waals surface area (Å²) in [4.78, 5) is 7.79. The van der Waals surface area contributed by atoms with Gasteiger partial charge in [0.25, 0.3) is 0 Å². The molecule has 10 heteroatoms. The van der Waals surface area contributed by atoms with Crippen molar-refractivity contribution in [3.63, 3.8) is 0 Å². The zero-order chi connectivity index (χ0) is 23.1. The first-order valence-corrected chi connectivity index (χ1v) is 13.1. The van der Waals surface area contributed by atoms with Gasteiger partial charge in [-0.25, -0.2) is 27.0 Å². The van der Waals surface area contributed by atoms with Crippen LogP contribution in [0.4, 0.5) is 0 Å². The first kappa shape index (κ1) is 22.2. The Morgan fingerprint density at radius 1 is 0.938 bits per heavy atom. The lowest BCUT2D eigenvalue weighted by molar-refractivity contribution is 0.597. The molecule has 3 aromatic carbocycles. The monoisotopic (exact) mass is 487 g/mol. The number of rotatable bonds is 5. The second-order valence-corrected chi connectivity index (χ2v) is 11.1. The van der Waals surface area contributed by atoms with Crippen LogP contribution in [0, 0.1) is 0 Å². The number of sulfone groups is 1. The number of nitrogens with two attached hydrogens (primary N) is 1. The number of fused-ring (bicyclic) bond motifs is 1. The van der Waals surface area contributed by atoms with Gasteiger partial charge in [-0.1, -0.05) is 41.9 Å². The second kappa shape index (κ2) is 8.18. The predicted octanol–water partition coefficient (Wildman–Crippen LogP) is 4.10. The van der Waals surface area contributed by atoms with Gasteiger partial charge in [0.05, 0.1) is 20.8 Å². The van der Waals surface area contributed by atoms with Gasteiger partial charge in [0.1, 0.15) is 5.82 Å². The summed E-state index contributed by atoms with van der Waals surface area (Å²) < 4.78 is 48.0. The summed E-state index contributed by atoms with van der Waals surface area (Å²) in [5.41, 5.74) is 2.99. The summed E-state index contributed by atoms with van der Waals surface area (Å²) in [7, 11) is -7.35. The van der Waals surface area contributed by atoms with Crippen LogP contribution in [0.1, 0.15) is 11.4 Å². The Morgan fingerprint density at radius 2 is 1.69 bits per heavy atom. The van der Waals surface area contributed by atoms with Crippen LogP contribution in [0.25, 0.3) is 34.3 Å². The van der Waals surface area contributed by atoms with E-state index in [2.05, 4.69) is 9.97 Å². The Kier molecular flexibility index (Phi) is 5.68. The normalized spacial score (nSPS) is 12.6. The Morgan fingerprint density at radius 3 is 2.41 bits per heavy atom. The Hall–Kier alpha value is -2.98. The molecular formula is C22H18ClN3O4S2. The lowest BCUT2D eigenvalue weighted by Crippen LogP contribution is -2.13. The van der Waals surface area contributed by atoms with E-state index in [0.29, 0.717) is 38.6 Å². The maximum atomic E-state index is 12.1. The molecule has 0 fully saturated rings. The highest BCUT2D eigenvalue weighted by Gasteiger charge is 2.15. The first-order valence-electron chi connectivity index (χ1n) is 9.32. The third-order valence-corrected chi connectivity index (χ3v) is 7.16. The lowest BCUT2D eigenvalue weighted by Gasteiger charge is -2.07. The van der Waals surface area contributed by atoms with Crippen LogP contribution in [-0.2, 0) is 19.9 Å². The van der Waals surface area contributed by atoms with E-state index in [1.807, 2.05) is 0 Å². The largest absolute Gasteiger partial charge is 0.338 e. The molecule has 0 saturated carbocycles. The van der Waals surface area contributed by atoms with E-state index in [9.17, 15) is 16.8 Å². The fraction of sp³-hybridized carbons (Fsp3) is 0.0455. The summed E-state index contributed by atoms with van der Waals surface area (Å²) in [6.07, 6.45) is 4.43. The first-order chi connectivity index (χ1) is 15.0. The maximum Gasteiger partial charge on any atom is 0.238 e. The van der Waals surface area contributed by atoms with Gasteiger partial charge in [-0.3, -0.25) is 0 Å². The molecule has 0 amide bonds. The minimum atomic E-state index is -3.88. The summed E-state index contributed by atoms with van der Waals surface area (Å²) in [6, 6.07) is 16.5. The van der Waals surface area contributed by atoms with Gasteiger partial charge < -0.3 is 4.98 Å². The summed E-state index contributed by atoms with van der Waals surface area (Å²) in [5, 5.41) is 5.68. The predicted molar refractivity (Wildman–Crippen MR) is 126 cm³/mol. The van der Waals surface area contributed by atoms with Crippen molar-refractivity contribution in [3.8, 4) is 11.1 Å². The number of aromatic amines is 1. The van der Waals surface area contributed by atoms with Crippen molar-refractivity contribution in [2.45, 2.75) is 9.79 Å². The number of hydrogen-bond acceptors (Lipinski definition) is 5. The molecule has 3 N–H and O–H groups in total. The minimum absolute atomic E-state index is 0.0371.